The first-order chi connectivity index (χ1) is 11.6. The second kappa shape index (κ2) is 8.84. The number of benzene rings is 2. The van der Waals surface area contributed by atoms with Gasteiger partial charge in [-0.3, -0.25) is 9.59 Å². The molecule has 0 saturated carbocycles. The molecule has 0 atom stereocenters. The molecule has 0 saturated heterocycles. The summed E-state index contributed by atoms with van der Waals surface area (Å²) in [5.41, 5.74) is 2.44. The molecule has 2 aromatic carbocycles. The molecular weight excluding hydrogens is 304 g/mol. The number of unbranched alkanes of at least 4 members (excludes halogenated alkanes) is 1. The van der Waals surface area contributed by atoms with Crippen molar-refractivity contribution in [3.63, 3.8) is 0 Å². The predicted octanol–water partition coefficient (Wildman–Crippen LogP) is 2.75. The molecule has 2 aromatic rings. The number of hydrogen-bond donors (Lipinski definition) is 3. The molecule has 0 aliphatic carbocycles. The molecule has 5 heteroatoms. The summed E-state index contributed by atoms with van der Waals surface area (Å²) in [7, 11) is 0. The number of carbonyl (C=O) groups excluding carboxylic acids is 2. The molecule has 0 heterocycles. The van der Waals surface area contributed by atoms with E-state index in [0.29, 0.717) is 36.2 Å². The molecule has 0 bridgehead atoms. The Bertz CT molecular complexity index is 713. The summed E-state index contributed by atoms with van der Waals surface area (Å²) in [6.45, 7) is 2.52. The lowest BCUT2D eigenvalue weighted by molar-refractivity contribution is 0.0953. The van der Waals surface area contributed by atoms with Crippen LogP contribution in [0.4, 0.5) is 5.69 Å². The lowest BCUT2D eigenvalue weighted by Gasteiger charge is -2.11. The molecular formula is C19H22N2O3. The Morgan fingerprint density at radius 3 is 2.54 bits per heavy atom. The smallest absolute Gasteiger partial charge is 0.255 e. The van der Waals surface area contributed by atoms with Crippen molar-refractivity contribution in [2.75, 3.05) is 18.5 Å². The number of nitrogens with one attached hydrogen (secondary N) is 2. The van der Waals surface area contributed by atoms with Crippen molar-refractivity contribution >= 4 is 17.5 Å². The second-order valence-electron chi connectivity index (χ2n) is 5.56. The molecule has 2 rings (SSSR count). The summed E-state index contributed by atoms with van der Waals surface area (Å²) in [5.74, 6) is -0.493. The van der Waals surface area contributed by atoms with E-state index in [1.54, 1.807) is 36.4 Å². The highest BCUT2D eigenvalue weighted by molar-refractivity contribution is 6.09. The maximum atomic E-state index is 12.4. The largest absolute Gasteiger partial charge is 0.396 e. The Morgan fingerprint density at radius 1 is 1.00 bits per heavy atom. The van der Waals surface area contributed by atoms with Gasteiger partial charge in [0, 0.05) is 18.7 Å². The quantitative estimate of drug-likeness (QED) is 0.685. The molecule has 0 aromatic heterocycles. The Balaban J connectivity index is 2.08. The minimum atomic E-state index is -0.251. The summed E-state index contributed by atoms with van der Waals surface area (Å²) in [4.78, 5) is 24.6. The van der Waals surface area contributed by atoms with Gasteiger partial charge in [0.1, 0.15) is 0 Å². The van der Waals surface area contributed by atoms with Crippen molar-refractivity contribution in [1.29, 1.82) is 0 Å². The van der Waals surface area contributed by atoms with Crippen LogP contribution >= 0.6 is 0 Å². The van der Waals surface area contributed by atoms with Crippen LogP contribution in [0, 0.1) is 6.92 Å². The van der Waals surface area contributed by atoms with Crippen LogP contribution in [0.2, 0.25) is 0 Å². The average molecular weight is 326 g/mol. The fourth-order valence-electron chi connectivity index (χ4n) is 2.30. The highest BCUT2D eigenvalue weighted by Gasteiger charge is 2.13. The highest BCUT2D eigenvalue weighted by Crippen LogP contribution is 2.16. The van der Waals surface area contributed by atoms with Gasteiger partial charge in [0.25, 0.3) is 11.8 Å². The number of carbonyl (C=O) groups is 2. The zero-order valence-corrected chi connectivity index (χ0v) is 13.7. The Morgan fingerprint density at radius 2 is 1.79 bits per heavy atom. The number of aliphatic hydroxyl groups is 1. The Hall–Kier alpha value is -2.66. The van der Waals surface area contributed by atoms with Crippen LogP contribution in [0.1, 0.15) is 39.1 Å². The Labute approximate surface area is 141 Å². The van der Waals surface area contributed by atoms with E-state index in [1.165, 1.54) is 0 Å². The molecule has 0 fully saturated rings. The molecule has 126 valence electrons. The van der Waals surface area contributed by atoms with Crippen LogP contribution in [-0.2, 0) is 0 Å². The summed E-state index contributed by atoms with van der Waals surface area (Å²) in [5, 5.41) is 14.4. The topological polar surface area (TPSA) is 78.4 Å². The van der Waals surface area contributed by atoms with Gasteiger partial charge < -0.3 is 15.7 Å². The zero-order valence-electron chi connectivity index (χ0n) is 13.7. The second-order valence-corrected chi connectivity index (χ2v) is 5.56. The molecule has 2 amide bonds. The predicted molar refractivity (Wildman–Crippen MR) is 94.2 cm³/mol. The van der Waals surface area contributed by atoms with Crippen LogP contribution in [0.25, 0.3) is 0 Å². The number of para-hydroxylation sites is 1. The zero-order chi connectivity index (χ0) is 17.4. The van der Waals surface area contributed by atoms with E-state index < -0.39 is 0 Å². The SMILES string of the molecule is Cc1cccc(C(=O)Nc2ccccc2C(=O)NCCCCO)c1. The van der Waals surface area contributed by atoms with Crippen molar-refractivity contribution in [3.8, 4) is 0 Å². The standard InChI is InChI=1S/C19H22N2O3/c1-14-7-6-8-15(13-14)18(23)21-17-10-3-2-9-16(17)19(24)20-11-4-5-12-22/h2-3,6-10,13,22H,4-5,11-12H2,1H3,(H,20,24)(H,21,23). The van der Waals surface area contributed by atoms with Crippen LogP contribution in [0.5, 0.6) is 0 Å². The van der Waals surface area contributed by atoms with Crippen molar-refractivity contribution in [3.05, 3.63) is 65.2 Å². The van der Waals surface area contributed by atoms with Gasteiger partial charge in [0.15, 0.2) is 0 Å². The molecule has 5 nitrogen and oxygen atoms in total. The van der Waals surface area contributed by atoms with Gasteiger partial charge in [-0.05, 0) is 44.0 Å². The molecule has 0 aliphatic rings. The van der Waals surface area contributed by atoms with Crippen LogP contribution < -0.4 is 10.6 Å². The van der Waals surface area contributed by atoms with Crippen LogP contribution in [0.15, 0.2) is 48.5 Å². The van der Waals surface area contributed by atoms with E-state index in [0.717, 1.165) is 5.56 Å². The highest BCUT2D eigenvalue weighted by atomic mass is 16.3. The maximum Gasteiger partial charge on any atom is 0.255 e. The summed E-state index contributed by atoms with van der Waals surface area (Å²) < 4.78 is 0. The lowest BCUT2D eigenvalue weighted by atomic mass is 10.1. The molecule has 0 spiro atoms. The number of aliphatic hydroxyl groups excluding tert-OH is 1. The normalized spacial score (nSPS) is 10.2. The summed E-state index contributed by atoms with van der Waals surface area (Å²) in [6.07, 6.45) is 1.35. The van der Waals surface area contributed by atoms with E-state index in [2.05, 4.69) is 10.6 Å². The molecule has 24 heavy (non-hydrogen) atoms. The minimum Gasteiger partial charge on any atom is -0.396 e. The third kappa shape index (κ3) is 4.93. The van der Waals surface area contributed by atoms with E-state index in [4.69, 9.17) is 5.11 Å². The van der Waals surface area contributed by atoms with E-state index in [-0.39, 0.29) is 18.4 Å². The van der Waals surface area contributed by atoms with E-state index >= 15 is 0 Å². The average Bonchev–Trinajstić information content (AvgIpc) is 2.59. The van der Waals surface area contributed by atoms with E-state index in [9.17, 15) is 9.59 Å². The third-order valence-electron chi connectivity index (χ3n) is 3.57. The van der Waals surface area contributed by atoms with Crippen molar-refractivity contribution in [2.24, 2.45) is 0 Å². The number of aryl methyl sites for hydroxylation is 1. The number of rotatable bonds is 7. The number of amides is 2. The molecule has 0 aliphatic heterocycles. The first-order valence-electron chi connectivity index (χ1n) is 7.98. The van der Waals surface area contributed by atoms with Crippen LogP contribution in [-0.4, -0.2) is 30.1 Å². The number of hydrogen-bond acceptors (Lipinski definition) is 3. The van der Waals surface area contributed by atoms with Gasteiger partial charge in [-0.2, -0.15) is 0 Å². The van der Waals surface area contributed by atoms with Gasteiger partial charge in [-0.25, -0.2) is 0 Å². The summed E-state index contributed by atoms with van der Waals surface area (Å²) >= 11 is 0. The fourth-order valence-corrected chi connectivity index (χ4v) is 2.30. The maximum absolute atomic E-state index is 12.4. The third-order valence-corrected chi connectivity index (χ3v) is 3.57. The minimum absolute atomic E-state index is 0.110. The molecule has 0 radical (unpaired) electrons. The van der Waals surface area contributed by atoms with Gasteiger partial charge >= 0.3 is 0 Å². The lowest BCUT2D eigenvalue weighted by Crippen LogP contribution is -2.26. The first kappa shape index (κ1) is 17.7. The van der Waals surface area contributed by atoms with Crippen molar-refractivity contribution in [2.45, 2.75) is 19.8 Å². The van der Waals surface area contributed by atoms with E-state index in [1.807, 2.05) is 19.1 Å². The van der Waals surface area contributed by atoms with Crippen LogP contribution in [0.3, 0.4) is 0 Å². The fraction of sp³-hybridized carbons (Fsp3) is 0.263. The Kier molecular flexibility index (Phi) is 6.51. The molecule has 0 unspecified atom stereocenters. The first-order valence-corrected chi connectivity index (χ1v) is 7.98. The monoisotopic (exact) mass is 326 g/mol. The van der Waals surface area contributed by atoms with Gasteiger partial charge in [0.2, 0.25) is 0 Å². The van der Waals surface area contributed by atoms with Crippen molar-refractivity contribution < 1.29 is 14.7 Å². The number of anilines is 1. The van der Waals surface area contributed by atoms with Gasteiger partial charge in [0.05, 0.1) is 11.3 Å². The summed E-state index contributed by atoms with van der Waals surface area (Å²) in [6, 6.07) is 14.2. The molecule has 3 N–H and O–H groups in total. The van der Waals surface area contributed by atoms with Gasteiger partial charge in [-0.15, -0.1) is 0 Å². The van der Waals surface area contributed by atoms with Gasteiger partial charge in [-0.1, -0.05) is 29.8 Å². The van der Waals surface area contributed by atoms with Crippen molar-refractivity contribution in [1.82, 2.24) is 5.32 Å².